The molecule has 0 bridgehead atoms. The molecule has 1 aromatic carbocycles. The number of hydrogen-bond acceptors (Lipinski definition) is 7. The van der Waals surface area contributed by atoms with Gasteiger partial charge in [0.2, 0.25) is 5.91 Å². The fourth-order valence-corrected chi connectivity index (χ4v) is 5.73. The van der Waals surface area contributed by atoms with Crippen LogP contribution in [0.15, 0.2) is 50.5 Å². The second-order valence-corrected chi connectivity index (χ2v) is 10.6. The van der Waals surface area contributed by atoms with E-state index in [0.29, 0.717) is 60.4 Å². The van der Waals surface area contributed by atoms with E-state index >= 15 is 0 Å². The first kappa shape index (κ1) is 23.4. The third-order valence-electron chi connectivity index (χ3n) is 6.64. The molecule has 7 nitrogen and oxygen atoms in total. The molecule has 1 saturated carbocycles. The fraction of sp³-hybridized carbons (Fsp3) is 0.400. The van der Waals surface area contributed by atoms with Crippen molar-refractivity contribution < 1.29 is 14.3 Å². The Balaban J connectivity index is 1.16. The summed E-state index contributed by atoms with van der Waals surface area (Å²) in [7, 11) is 0. The second-order valence-electron chi connectivity index (χ2n) is 9.10. The van der Waals surface area contributed by atoms with Crippen LogP contribution in [0.1, 0.15) is 43.4 Å². The van der Waals surface area contributed by atoms with Gasteiger partial charge >= 0.3 is 5.63 Å². The second kappa shape index (κ2) is 9.70. The first-order valence-corrected chi connectivity index (χ1v) is 12.8. The summed E-state index contributed by atoms with van der Waals surface area (Å²) < 4.78 is 5.42. The lowest BCUT2D eigenvalue weighted by atomic mass is 9.78. The molecule has 2 aromatic heterocycles. The van der Waals surface area contributed by atoms with Crippen LogP contribution in [0.2, 0.25) is 5.02 Å². The van der Waals surface area contributed by atoms with Gasteiger partial charge in [0, 0.05) is 29.1 Å². The van der Waals surface area contributed by atoms with Gasteiger partial charge in [-0.15, -0.1) is 11.8 Å². The molecule has 3 heterocycles. The van der Waals surface area contributed by atoms with E-state index in [-0.39, 0.29) is 5.91 Å². The average Bonchev–Trinajstić information content (AvgIpc) is 2.82. The number of carbonyl (C=O) groups is 1. The zero-order valence-electron chi connectivity index (χ0n) is 18.6. The maximum absolute atomic E-state index is 11.7. The van der Waals surface area contributed by atoms with Gasteiger partial charge in [0.1, 0.15) is 11.4 Å². The van der Waals surface area contributed by atoms with E-state index in [9.17, 15) is 14.7 Å². The van der Waals surface area contributed by atoms with Crippen LogP contribution < -0.4 is 16.3 Å². The van der Waals surface area contributed by atoms with Crippen molar-refractivity contribution in [1.82, 2.24) is 10.3 Å². The molecule has 9 heteroatoms. The van der Waals surface area contributed by atoms with Crippen molar-refractivity contribution in [3.8, 4) is 0 Å². The number of anilines is 1. The van der Waals surface area contributed by atoms with Gasteiger partial charge in [-0.2, -0.15) is 0 Å². The molecule has 0 saturated heterocycles. The Morgan fingerprint density at radius 2 is 2.03 bits per heavy atom. The monoisotopic (exact) mass is 499 g/mol. The van der Waals surface area contributed by atoms with Crippen LogP contribution in [-0.4, -0.2) is 33.4 Å². The predicted molar refractivity (Wildman–Crippen MR) is 133 cm³/mol. The minimum absolute atomic E-state index is 0.0189. The number of amides is 1. The minimum atomic E-state index is -0.756. The van der Waals surface area contributed by atoms with Gasteiger partial charge in [0.05, 0.1) is 21.9 Å². The Kier molecular flexibility index (Phi) is 6.66. The molecule has 2 aliphatic rings. The Hall–Kier alpha value is -2.39. The number of aryl methyl sites for hydroxylation is 1. The first-order chi connectivity index (χ1) is 16.4. The van der Waals surface area contributed by atoms with Gasteiger partial charge < -0.3 is 20.2 Å². The lowest BCUT2D eigenvalue weighted by molar-refractivity contribution is -0.113. The average molecular weight is 500 g/mol. The number of carbonyl (C=O) groups excluding carboxylic acids is 1. The molecule has 1 aliphatic heterocycles. The molecule has 1 aliphatic carbocycles. The van der Waals surface area contributed by atoms with Crippen LogP contribution in [-0.2, 0) is 17.8 Å². The maximum atomic E-state index is 11.7. The highest BCUT2D eigenvalue weighted by molar-refractivity contribution is 8.00. The summed E-state index contributed by atoms with van der Waals surface area (Å²) in [5, 5.41) is 18.9. The Bertz CT molecular complexity index is 1290. The Morgan fingerprint density at radius 3 is 2.85 bits per heavy atom. The normalized spacial score (nSPS) is 22.4. The quantitative estimate of drug-likeness (QED) is 0.435. The van der Waals surface area contributed by atoms with Crippen LogP contribution in [0, 0.1) is 0 Å². The molecule has 3 N–H and O–H groups in total. The lowest BCUT2D eigenvalue weighted by Gasteiger charge is -2.36. The van der Waals surface area contributed by atoms with E-state index in [4.69, 9.17) is 16.0 Å². The topological polar surface area (TPSA) is 104 Å². The summed E-state index contributed by atoms with van der Waals surface area (Å²) in [5.74, 6) is 1.05. The summed E-state index contributed by atoms with van der Waals surface area (Å²) >= 11 is 7.76. The van der Waals surface area contributed by atoms with Crippen molar-refractivity contribution in [2.45, 2.75) is 61.6 Å². The molecular formula is C25H26ClN3O4S. The van der Waals surface area contributed by atoms with Crippen molar-refractivity contribution in [1.29, 1.82) is 0 Å². The molecule has 0 radical (unpaired) electrons. The lowest BCUT2D eigenvalue weighted by Crippen LogP contribution is -2.41. The van der Waals surface area contributed by atoms with Crippen LogP contribution in [0.25, 0.3) is 11.0 Å². The minimum Gasteiger partial charge on any atom is -0.422 e. The van der Waals surface area contributed by atoms with Crippen LogP contribution in [0.4, 0.5) is 5.82 Å². The standard InChI is InChI=1S/C25H26ClN3O4S/c26-17-11-15-1-4-22(31)33-23(15)16(12-17)5-8-25(32)9-6-18(7-10-25)27-13-19-2-3-20-24(28-19)29-21(30)14-34-20/h1-4,11-12,18,27,32H,5-10,13-14H2,(H,28,29,30)/t18-,25-. The Morgan fingerprint density at radius 1 is 1.21 bits per heavy atom. The highest BCUT2D eigenvalue weighted by Gasteiger charge is 2.33. The molecule has 1 amide bonds. The maximum Gasteiger partial charge on any atom is 0.336 e. The number of nitrogens with zero attached hydrogens (tertiary/aromatic N) is 1. The van der Waals surface area contributed by atoms with Crippen molar-refractivity contribution >= 4 is 46.1 Å². The summed E-state index contributed by atoms with van der Waals surface area (Å²) in [6, 6.07) is 11.0. The number of nitrogens with one attached hydrogen (secondary N) is 2. The number of aliphatic hydroxyl groups is 1. The number of rotatable bonds is 6. The first-order valence-electron chi connectivity index (χ1n) is 11.5. The number of halogens is 1. The summed E-state index contributed by atoms with van der Waals surface area (Å²) in [6.45, 7) is 0.616. The van der Waals surface area contributed by atoms with Crippen LogP contribution >= 0.6 is 23.4 Å². The molecular weight excluding hydrogens is 474 g/mol. The van der Waals surface area contributed by atoms with E-state index in [0.717, 1.165) is 34.4 Å². The van der Waals surface area contributed by atoms with E-state index in [2.05, 4.69) is 15.6 Å². The van der Waals surface area contributed by atoms with E-state index in [1.54, 1.807) is 12.1 Å². The van der Waals surface area contributed by atoms with Gasteiger partial charge in [-0.3, -0.25) is 4.79 Å². The number of aromatic nitrogens is 1. The molecule has 1 fully saturated rings. The zero-order chi connectivity index (χ0) is 23.7. The van der Waals surface area contributed by atoms with Gasteiger partial charge in [0.25, 0.3) is 0 Å². The number of fused-ring (bicyclic) bond motifs is 2. The number of benzene rings is 1. The predicted octanol–water partition coefficient (Wildman–Crippen LogP) is 4.28. The van der Waals surface area contributed by atoms with Crippen molar-refractivity contribution in [3.63, 3.8) is 0 Å². The van der Waals surface area contributed by atoms with Crippen LogP contribution in [0.5, 0.6) is 0 Å². The number of hydrogen-bond donors (Lipinski definition) is 3. The summed E-state index contributed by atoms with van der Waals surface area (Å²) in [6.07, 6.45) is 4.27. The van der Waals surface area contributed by atoms with Gasteiger partial charge in [-0.05, 0) is 74.4 Å². The number of pyridine rings is 1. The Labute approximate surface area is 206 Å². The smallest absolute Gasteiger partial charge is 0.336 e. The van der Waals surface area contributed by atoms with Gasteiger partial charge in [0.15, 0.2) is 0 Å². The molecule has 34 heavy (non-hydrogen) atoms. The molecule has 0 spiro atoms. The molecule has 178 valence electrons. The SMILES string of the molecule is O=C1CSc2ccc(CN[C@H]3CC[C@@](O)(CCc4cc(Cl)cc5ccc(=O)oc45)CC3)nc2N1. The third kappa shape index (κ3) is 5.30. The molecule has 3 aromatic rings. The number of thioether (sulfide) groups is 1. The summed E-state index contributed by atoms with van der Waals surface area (Å²) in [5.41, 5.74) is 1.13. The van der Waals surface area contributed by atoms with Crippen LogP contribution in [0.3, 0.4) is 0 Å². The van der Waals surface area contributed by atoms with E-state index in [1.807, 2.05) is 18.2 Å². The van der Waals surface area contributed by atoms with Crippen molar-refractivity contribution in [2.24, 2.45) is 0 Å². The van der Waals surface area contributed by atoms with Crippen molar-refractivity contribution in [2.75, 3.05) is 11.1 Å². The third-order valence-corrected chi connectivity index (χ3v) is 7.91. The van der Waals surface area contributed by atoms with E-state index in [1.165, 1.54) is 17.8 Å². The zero-order valence-corrected chi connectivity index (χ0v) is 20.2. The molecule has 5 rings (SSSR count). The van der Waals surface area contributed by atoms with Crippen molar-refractivity contribution in [3.05, 3.63) is 63.1 Å². The molecule has 0 unspecified atom stereocenters. The largest absolute Gasteiger partial charge is 0.422 e. The van der Waals surface area contributed by atoms with Gasteiger partial charge in [-0.25, -0.2) is 9.78 Å². The fourth-order valence-electron chi connectivity index (χ4n) is 4.73. The highest BCUT2D eigenvalue weighted by Crippen LogP contribution is 2.34. The van der Waals surface area contributed by atoms with Gasteiger partial charge in [-0.1, -0.05) is 11.6 Å². The highest BCUT2D eigenvalue weighted by atomic mass is 35.5. The molecule has 0 atom stereocenters. The van der Waals surface area contributed by atoms with E-state index < -0.39 is 11.2 Å². The summed E-state index contributed by atoms with van der Waals surface area (Å²) in [4.78, 5) is 28.9.